The number of nitrogens with one attached hydrogen (secondary N) is 2. The lowest BCUT2D eigenvalue weighted by molar-refractivity contribution is 0.0950. The summed E-state index contributed by atoms with van der Waals surface area (Å²) >= 11 is 0. The van der Waals surface area contributed by atoms with Crippen LogP contribution in [0.2, 0.25) is 0 Å². The first-order valence-electron chi connectivity index (χ1n) is 9.72. The van der Waals surface area contributed by atoms with Crippen LogP contribution in [-0.4, -0.2) is 36.5 Å². The smallest absolute Gasteiger partial charge is 0.317 e. The van der Waals surface area contributed by atoms with Crippen molar-refractivity contribution >= 4 is 11.9 Å². The fourth-order valence-electron chi connectivity index (χ4n) is 3.56. The molecule has 2 aromatic carbocycles. The summed E-state index contributed by atoms with van der Waals surface area (Å²) in [5.74, 6) is -0.294. The number of likely N-dealkylation sites (tertiary alicyclic amines) is 1. The Bertz CT molecular complexity index is 840. The monoisotopic (exact) mass is 383 g/mol. The second kappa shape index (κ2) is 9.35. The van der Waals surface area contributed by atoms with Crippen LogP contribution in [0.25, 0.3) is 0 Å². The molecule has 28 heavy (non-hydrogen) atoms. The van der Waals surface area contributed by atoms with Gasteiger partial charge in [0, 0.05) is 37.7 Å². The molecule has 0 spiro atoms. The van der Waals surface area contributed by atoms with Gasteiger partial charge in [-0.05, 0) is 55.2 Å². The van der Waals surface area contributed by atoms with Gasteiger partial charge in [-0.25, -0.2) is 9.18 Å². The summed E-state index contributed by atoms with van der Waals surface area (Å²) in [7, 11) is 0. The lowest BCUT2D eigenvalue weighted by Crippen LogP contribution is -2.44. The molecule has 2 N–H and O–H groups in total. The van der Waals surface area contributed by atoms with Crippen molar-refractivity contribution in [2.45, 2.75) is 32.2 Å². The fourth-order valence-corrected chi connectivity index (χ4v) is 3.56. The van der Waals surface area contributed by atoms with Crippen molar-refractivity contribution in [2.75, 3.05) is 19.6 Å². The van der Waals surface area contributed by atoms with E-state index >= 15 is 0 Å². The van der Waals surface area contributed by atoms with Crippen LogP contribution < -0.4 is 10.6 Å². The number of hydrogen-bond donors (Lipinski definition) is 2. The minimum atomic E-state index is -0.317. The lowest BCUT2D eigenvalue weighted by Gasteiger charge is -2.33. The van der Waals surface area contributed by atoms with Crippen LogP contribution in [-0.2, 0) is 6.54 Å². The first-order valence-corrected chi connectivity index (χ1v) is 9.72. The van der Waals surface area contributed by atoms with Gasteiger partial charge in [0.2, 0.25) is 0 Å². The third-order valence-corrected chi connectivity index (χ3v) is 5.00. The molecule has 1 atom stereocenters. The molecule has 0 radical (unpaired) electrons. The highest BCUT2D eigenvalue weighted by Crippen LogP contribution is 2.27. The van der Waals surface area contributed by atoms with Gasteiger partial charge in [0.05, 0.1) is 0 Å². The zero-order valence-electron chi connectivity index (χ0n) is 16.1. The van der Waals surface area contributed by atoms with Gasteiger partial charge in [-0.15, -0.1) is 0 Å². The molecule has 1 unspecified atom stereocenters. The molecule has 5 nitrogen and oxygen atoms in total. The van der Waals surface area contributed by atoms with Crippen molar-refractivity contribution in [3.63, 3.8) is 0 Å². The molecule has 0 aliphatic carbocycles. The first-order chi connectivity index (χ1) is 13.6. The summed E-state index contributed by atoms with van der Waals surface area (Å²) in [5, 5.41) is 5.69. The van der Waals surface area contributed by atoms with Gasteiger partial charge in [0.15, 0.2) is 0 Å². The normalized spacial score (nSPS) is 16.5. The minimum absolute atomic E-state index is 0.0313. The Labute approximate surface area is 164 Å². The van der Waals surface area contributed by atoms with Crippen molar-refractivity contribution in [3.8, 4) is 0 Å². The second-order valence-electron chi connectivity index (χ2n) is 7.06. The van der Waals surface area contributed by atoms with Crippen molar-refractivity contribution in [2.24, 2.45) is 0 Å². The summed E-state index contributed by atoms with van der Waals surface area (Å²) in [6.07, 6.45) is 1.93. The Morgan fingerprint density at radius 1 is 1.14 bits per heavy atom. The fraction of sp³-hybridized carbons (Fsp3) is 0.364. The number of amides is 3. The van der Waals surface area contributed by atoms with E-state index < -0.39 is 0 Å². The highest BCUT2D eigenvalue weighted by molar-refractivity contribution is 5.94. The average Bonchev–Trinajstić information content (AvgIpc) is 2.72. The van der Waals surface area contributed by atoms with E-state index in [0.29, 0.717) is 18.7 Å². The van der Waals surface area contributed by atoms with E-state index in [0.717, 1.165) is 30.5 Å². The van der Waals surface area contributed by atoms with E-state index in [4.69, 9.17) is 0 Å². The molecule has 6 heteroatoms. The number of carbonyl (C=O) groups excluding carboxylic acids is 2. The standard InChI is InChI=1S/C22H26FN3O2/c1-2-24-22(28)26-11-5-9-19(15-26)17-7-4-8-18(13-17)21(27)25-14-16-6-3-10-20(23)12-16/h3-4,6-8,10,12-13,19H,2,5,9,11,14-15H2,1H3,(H,24,28)(H,25,27). The molecule has 1 aliphatic rings. The molecule has 0 bridgehead atoms. The van der Waals surface area contributed by atoms with E-state index in [9.17, 15) is 14.0 Å². The molecule has 0 aromatic heterocycles. The third-order valence-electron chi connectivity index (χ3n) is 5.00. The van der Waals surface area contributed by atoms with Gasteiger partial charge in [0.25, 0.3) is 5.91 Å². The lowest BCUT2D eigenvalue weighted by atomic mass is 9.89. The molecular formula is C22H26FN3O2. The SMILES string of the molecule is CCNC(=O)N1CCCC(c2cccc(C(=O)NCc3cccc(F)c3)c2)C1. The molecule has 3 rings (SSSR count). The van der Waals surface area contributed by atoms with Crippen LogP contribution in [0, 0.1) is 5.82 Å². The van der Waals surface area contributed by atoms with Crippen LogP contribution in [0.5, 0.6) is 0 Å². The summed E-state index contributed by atoms with van der Waals surface area (Å²) < 4.78 is 13.3. The third kappa shape index (κ3) is 5.09. The topological polar surface area (TPSA) is 61.4 Å². The van der Waals surface area contributed by atoms with Gasteiger partial charge >= 0.3 is 6.03 Å². The van der Waals surface area contributed by atoms with Crippen LogP contribution in [0.1, 0.15) is 47.2 Å². The van der Waals surface area contributed by atoms with Crippen molar-refractivity contribution in [1.29, 1.82) is 0 Å². The zero-order chi connectivity index (χ0) is 19.9. The van der Waals surface area contributed by atoms with E-state index in [1.165, 1.54) is 12.1 Å². The molecule has 1 heterocycles. The predicted octanol–water partition coefficient (Wildman–Crippen LogP) is 3.66. The number of piperidine rings is 1. The number of urea groups is 1. The highest BCUT2D eigenvalue weighted by Gasteiger charge is 2.24. The van der Waals surface area contributed by atoms with E-state index in [2.05, 4.69) is 10.6 Å². The van der Waals surface area contributed by atoms with Gasteiger partial charge in [-0.1, -0.05) is 24.3 Å². The summed E-state index contributed by atoms with van der Waals surface area (Å²) in [4.78, 5) is 26.5. The maximum Gasteiger partial charge on any atom is 0.317 e. The minimum Gasteiger partial charge on any atom is -0.348 e. The number of benzene rings is 2. The molecule has 3 amide bonds. The van der Waals surface area contributed by atoms with Crippen LogP contribution in [0.3, 0.4) is 0 Å². The maximum atomic E-state index is 13.3. The molecule has 2 aromatic rings. The molecule has 148 valence electrons. The molecule has 0 saturated carbocycles. The van der Waals surface area contributed by atoms with Gasteiger partial charge in [-0.3, -0.25) is 4.79 Å². The van der Waals surface area contributed by atoms with Gasteiger partial charge in [-0.2, -0.15) is 0 Å². The Balaban J connectivity index is 1.64. The van der Waals surface area contributed by atoms with Crippen LogP contribution in [0.15, 0.2) is 48.5 Å². The molecular weight excluding hydrogens is 357 g/mol. The number of carbonyl (C=O) groups is 2. The molecule has 1 saturated heterocycles. The van der Waals surface area contributed by atoms with Crippen molar-refractivity contribution in [3.05, 3.63) is 71.0 Å². The first kappa shape index (κ1) is 19.9. The quantitative estimate of drug-likeness (QED) is 0.828. The van der Waals surface area contributed by atoms with Crippen molar-refractivity contribution < 1.29 is 14.0 Å². The summed E-state index contributed by atoms with van der Waals surface area (Å²) in [6.45, 7) is 4.21. The predicted molar refractivity (Wildman–Crippen MR) is 107 cm³/mol. The second-order valence-corrected chi connectivity index (χ2v) is 7.06. The Morgan fingerprint density at radius 2 is 1.96 bits per heavy atom. The Hall–Kier alpha value is -2.89. The average molecular weight is 383 g/mol. The summed E-state index contributed by atoms with van der Waals surface area (Å²) in [6, 6.07) is 13.7. The van der Waals surface area contributed by atoms with E-state index in [-0.39, 0.29) is 30.2 Å². The maximum absolute atomic E-state index is 13.3. The number of rotatable bonds is 5. The Kier molecular flexibility index (Phi) is 6.63. The number of nitrogens with zero attached hydrogens (tertiary/aromatic N) is 1. The summed E-state index contributed by atoms with van der Waals surface area (Å²) in [5.41, 5.74) is 2.35. The Morgan fingerprint density at radius 3 is 2.75 bits per heavy atom. The molecule has 1 fully saturated rings. The number of halogens is 1. The van der Waals surface area contributed by atoms with Crippen LogP contribution >= 0.6 is 0 Å². The largest absolute Gasteiger partial charge is 0.348 e. The van der Waals surface area contributed by atoms with E-state index in [1.807, 2.05) is 30.0 Å². The highest BCUT2D eigenvalue weighted by atomic mass is 19.1. The van der Waals surface area contributed by atoms with Crippen LogP contribution in [0.4, 0.5) is 9.18 Å². The van der Waals surface area contributed by atoms with Gasteiger partial charge in [0.1, 0.15) is 5.82 Å². The zero-order valence-corrected chi connectivity index (χ0v) is 16.1. The van der Waals surface area contributed by atoms with Crippen molar-refractivity contribution in [1.82, 2.24) is 15.5 Å². The van der Waals surface area contributed by atoms with E-state index in [1.54, 1.807) is 18.2 Å². The van der Waals surface area contributed by atoms with Gasteiger partial charge < -0.3 is 15.5 Å². The molecule has 1 aliphatic heterocycles. The number of hydrogen-bond acceptors (Lipinski definition) is 2.